The number of ether oxygens (including phenoxy) is 1. The standard InChI is InChI=1S/C9H12ClN3O/c10-8-9(12-4-3-11-8)13-7-1-5-14-6-2-7/h3-4,7H,1-2,5-6H2,(H,12,13). The monoisotopic (exact) mass is 213 g/mol. The zero-order valence-electron chi connectivity index (χ0n) is 7.74. The van der Waals surface area contributed by atoms with Crippen LogP contribution in [0.25, 0.3) is 0 Å². The van der Waals surface area contributed by atoms with Gasteiger partial charge in [-0.1, -0.05) is 11.6 Å². The molecule has 0 saturated carbocycles. The number of nitrogens with zero attached hydrogens (tertiary/aromatic N) is 2. The van der Waals surface area contributed by atoms with Crippen LogP contribution in [-0.4, -0.2) is 29.2 Å². The number of hydrogen-bond acceptors (Lipinski definition) is 4. The number of nitrogens with one attached hydrogen (secondary N) is 1. The molecule has 1 aliphatic heterocycles. The lowest BCUT2D eigenvalue weighted by Crippen LogP contribution is -2.28. The lowest BCUT2D eigenvalue weighted by molar-refractivity contribution is 0.0904. The molecule has 1 fully saturated rings. The molecule has 0 atom stereocenters. The van der Waals surface area contributed by atoms with Gasteiger partial charge in [-0.2, -0.15) is 0 Å². The Bertz CT molecular complexity index is 302. The molecule has 5 heteroatoms. The maximum atomic E-state index is 5.88. The molecular formula is C9H12ClN3O. The number of anilines is 1. The van der Waals surface area contributed by atoms with Crippen LogP contribution in [0.4, 0.5) is 5.82 Å². The van der Waals surface area contributed by atoms with Crippen molar-refractivity contribution in [3.8, 4) is 0 Å². The fourth-order valence-electron chi connectivity index (χ4n) is 1.45. The Labute approximate surface area is 87.7 Å². The Morgan fingerprint density at radius 2 is 2.00 bits per heavy atom. The van der Waals surface area contributed by atoms with Crippen LogP contribution in [-0.2, 0) is 4.74 Å². The minimum Gasteiger partial charge on any atom is -0.381 e. The third-order valence-corrected chi connectivity index (χ3v) is 2.49. The number of hydrogen-bond donors (Lipinski definition) is 1. The largest absolute Gasteiger partial charge is 0.381 e. The van der Waals surface area contributed by atoms with Crippen molar-refractivity contribution in [3.63, 3.8) is 0 Å². The summed E-state index contributed by atoms with van der Waals surface area (Å²) in [6.07, 6.45) is 5.20. The van der Waals surface area contributed by atoms with Crippen LogP contribution >= 0.6 is 11.6 Å². The summed E-state index contributed by atoms with van der Waals surface area (Å²) in [5, 5.41) is 3.69. The molecule has 0 radical (unpaired) electrons. The second-order valence-corrected chi connectivity index (χ2v) is 3.58. The van der Waals surface area contributed by atoms with Gasteiger partial charge in [0.1, 0.15) is 0 Å². The summed E-state index contributed by atoms with van der Waals surface area (Å²) < 4.78 is 5.26. The van der Waals surface area contributed by atoms with E-state index in [0.717, 1.165) is 26.1 Å². The quantitative estimate of drug-likeness (QED) is 0.813. The first-order chi connectivity index (χ1) is 6.86. The summed E-state index contributed by atoms with van der Waals surface area (Å²) in [7, 11) is 0. The highest BCUT2D eigenvalue weighted by molar-refractivity contribution is 6.31. The summed E-state index contributed by atoms with van der Waals surface area (Å²) >= 11 is 5.88. The molecule has 76 valence electrons. The first-order valence-electron chi connectivity index (χ1n) is 4.67. The van der Waals surface area contributed by atoms with Crippen molar-refractivity contribution < 1.29 is 4.74 Å². The molecule has 0 amide bonds. The van der Waals surface area contributed by atoms with Crippen LogP contribution in [0.5, 0.6) is 0 Å². The van der Waals surface area contributed by atoms with Crippen LogP contribution in [0.1, 0.15) is 12.8 Å². The second kappa shape index (κ2) is 4.57. The molecule has 14 heavy (non-hydrogen) atoms. The lowest BCUT2D eigenvalue weighted by Gasteiger charge is -2.23. The molecule has 1 aliphatic rings. The predicted molar refractivity (Wildman–Crippen MR) is 54.5 cm³/mol. The van der Waals surface area contributed by atoms with Gasteiger partial charge in [-0.25, -0.2) is 9.97 Å². The van der Waals surface area contributed by atoms with Gasteiger partial charge in [0, 0.05) is 31.6 Å². The highest BCUT2D eigenvalue weighted by Crippen LogP contribution is 2.18. The first kappa shape index (κ1) is 9.68. The number of halogens is 1. The first-order valence-corrected chi connectivity index (χ1v) is 5.05. The van der Waals surface area contributed by atoms with E-state index in [-0.39, 0.29) is 0 Å². The molecule has 0 bridgehead atoms. The molecule has 1 aromatic rings. The average molecular weight is 214 g/mol. The minimum absolute atomic E-state index is 0.401. The zero-order valence-corrected chi connectivity index (χ0v) is 8.50. The Morgan fingerprint density at radius 3 is 2.71 bits per heavy atom. The Balaban J connectivity index is 1.99. The fraction of sp³-hybridized carbons (Fsp3) is 0.556. The third kappa shape index (κ3) is 2.33. The minimum atomic E-state index is 0.401. The molecule has 0 unspecified atom stereocenters. The molecule has 1 aromatic heterocycles. The van der Waals surface area contributed by atoms with Gasteiger partial charge in [-0.15, -0.1) is 0 Å². The van der Waals surface area contributed by atoms with E-state index in [4.69, 9.17) is 16.3 Å². The van der Waals surface area contributed by atoms with Crippen LogP contribution in [0.15, 0.2) is 12.4 Å². The fourth-order valence-corrected chi connectivity index (χ4v) is 1.61. The molecule has 0 spiro atoms. The van der Waals surface area contributed by atoms with Crippen molar-refractivity contribution in [1.82, 2.24) is 9.97 Å². The molecule has 0 aromatic carbocycles. The van der Waals surface area contributed by atoms with Crippen molar-refractivity contribution in [1.29, 1.82) is 0 Å². The maximum absolute atomic E-state index is 5.88. The van der Waals surface area contributed by atoms with Crippen LogP contribution < -0.4 is 5.32 Å². The van der Waals surface area contributed by atoms with E-state index in [1.807, 2.05) is 0 Å². The summed E-state index contributed by atoms with van der Waals surface area (Å²) in [6, 6.07) is 0.401. The maximum Gasteiger partial charge on any atom is 0.171 e. The molecule has 1 N–H and O–H groups in total. The van der Waals surface area contributed by atoms with E-state index in [1.165, 1.54) is 0 Å². The lowest BCUT2D eigenvalue weighted by atomic mass is 10.1. The van der Waals surface area contributed by atoms with Gasteiger partial charge >= 0.3 is 0 Å². The van der Waals surface area contributed by atoms with Crippen molar-refractivity contribution in [3.05, 3.63) is 17.5 Å². The highest BCUT2D eigenvalue weighted by atomic mass is 35.5. The van der Waals surface area contributed by atoms with E-state index in [1.54, 1.807) is 12.4 Å². The van der Waals surface area contributed by atoms with Crippen molar-refractivity contribution >= 4 is 17.4 Å². The van der Waals surface area contributed by atoms with E-state index in [2.05, 4.69) is 15.3 Å². The Hall–Kier alpha value is -0.870. The Morgan fingerprint density at radius 1 is 1.29 bits per heavy atom. The summed E-state index contributed by atoms with van der Waals surface area (Å²) in [5.74, 6) is 0.668. The van der Waals surface area contributed by atoms with Crippen molar-refractivity contribution in [2.45, 2.75) is 18.9 Å². The summed E-state index contributed by atoms with van der Waals surface area (Å²) in [6.45, 7) is 1.60. The van der Waals surface area contributed by atoms with E-state index >= 15 is 0 Å². The third-order valence-electron chi connectivity index (χ3n) is 2.22. The van der Waals surface area contributed by atoms with Crippen LogP contribution in [0.3, 0.4) is 0 Å². The topological polar surface area (TPSA) is 47.0 Å². The predicted octanol–water partition coefficient (Wildman–Crippen LogP) is 1.72. The molecule has 2 rings (SSSR count). The highest BCUT2D eigenvalue weighted by Gasteiger charge is 2.15. The Kier molecular flexibility index (Phi) is 3.16. The second-order valence-electron chi connectivity index (χ2n) is 3.23. The van der Waals surface area contributed by atoms with E-state index in [9.17, 15) is 0 Å². The molecule has 0 aliphatic carbocycles. The average Bonchev–Trinajstić information content (AvgIpc) is 2.23. The van der Waals surface area contributed by atoms with E-state index < -0.39 is 0 Å². The van der Waals surface area contributed by atoms with Gasteiger partial charge < -0.3 is 10.1 Å². The summed E-state index contributed by atoms with van der Waals surface area (Å²) in [5.41, 5.74) is 0. The normalized spacial score (nSPS) is 18.1. The van der Waals surface area contributed by atoms with Gasteiger partial charge in [0.2, 0.25) is 0 Å². The number of aromatic nitrogens is 2. The van der Waals surface area contributed by atoms with Gasteiger partial charge in [0.25, 0.3) is 0 Å². The van der Waals surface area contributed by atoms with Gasteiger partial charge in [-0.05, 0) is 12.8 Å². The zero-order chi connectivity index (χ0) is 9.80. The molecule has 2 heterocycles. The van der Waals surface area contributed by atoms with Crippen molar-refractivity contribution in [2.75, 3.05) is 18.5 Å². The summed E-state index contributed by atoms with van der Waals surface area (Å²) in [4.78, 5) is 8.08. The van der Waals surface area contributed by atoms with Crippen molar-refractivity contribution in [2.24, 2.45) is 0 Å². The van der Waals surface area contributed by atoms with Crippen LogP contribution in [0.2, 0.25) is 5.15 Å². The van der Waals surface area contributed by atoms with Gasteiger partial charge in [0.15, 0.2) is 11.0 Å². The SMILES string of the molecule is Clc1nccnc1NC1CCOCC1. The molecule has 4 nitrogen and oxygen atoms in total. The van der Waals surface area contributed by atoms with E-state index in [0.29, 0.717) is 17.0 Å². The van der Waals surface area contributed by atoms with Gasteiger partial charge in [0.05, 0.1) is 0 Å². The smallest absolute Gasteiger partial charge is 0.171 e. The number of rotatable bonds is 2. The molecule has 1 saturated heterocycles. The van der Waals surface area contributed by atoms with Gasteiger partial charge in [-0.3, -0.25) is 0 Å². The van der Waals surface area contributed by atoms with Crippen LogP contribution in [0, 0.1) is 0 Å². The molecular weight excluding hydrogens is 202 g/mol.